The highest BCUT2D eigenvalue weighted by Crippen LogP contribution is 2.29. The highest BCUT2D eigenvalue weighted by atomic mass is 32.1. The molecule has 0 unspecified atom stereocenters. The molecule has 7 heteroatoms. The molecule has 1 aromatic carbocycles. The molecule has 0 aliphatic rings. The maximum atomic E-state index is 12.6. The molecule has 0 saturated carbocycles. The zero-order valence-electron chi connectivity index (χ0n) is 14.0. The lowest BCUT2D eigenvalue weighted by Gasteiger charge is -2.10. The Balaban J connectivity index is 1.84. The van der Waals surface area contributed by atoms with Crippen molar-refractivity contribution in [2.24, 2.45) is 0 Å². The standard InChI is InChI=1S/C18H17N3O3S/c1-10-6-7-13(19-12(3)22)9-14(10)20-17(23)16-11(2)25-18(21-16)15-5-4-8-24-15/h4-9H,1-3H3,(H,19,22)(H,20,23). The fourth-order valence-electron chi connectivity index (χ4n) is 2.33. The van der Waals surface area contributed by atoms with Crippen molar-refractivity contribution in [3.05, 3.63) is 52.7 Å². The minimum absolute atomic E-state index is 0.167. The Labute approximate surface area is 148 Å². The minimum Gasteiger partial charge on any atom is -0.462 e. The summed E-state index contributed by atoms with van der Waals surface area (Å²) in [6, 6.07) is 8.94. The average molecular weight is 355 g/mol. The highest BCUT2D eigenvalue weighted by molar-refractivity contribution is 7.15. The fourth-order valence-corrected chi connectivity index (χ4v) is 3.21. The second kappa shape index (κ2) is 6.90. The van der Waals surface area contributed by atoms with Crippen molar-refractivity contribution in [3.8, 4) is 10.8 Å². The van der Waals surface area contributed by atoms with E-state index in [0.717, 1.165) is 10.4 Å². The third-order valence-corrected chi connectivity index (χ3v) is 4.54. The molecule has 3 aromatic rings. The van der Waals surface area contributed by atoms with Crippen LogP contribution in [0.25, 0.3) is 10.8 Å². The Bertz CT molecular complexity index is 929. The summed E-state index contributed by atoms with van der Waals surface area (Å²) < 4.78 is 5.33. The zero-order chi connectivity index (χ0) is 18.0. The molecule has 2 aromatic heterocycles. The van der Waals surface area contributed by atoms with Crippen molar-refractivity contribution < 1.29 is 14.0 Å². The normalized spacial score (nSPS) is 10.5. The molecule has 6 nitrogen and oxygen atoms in total. The number of carbonyl (C=O) groups is 2. The molecule has 0 aliphatic carbocycles. The SMILES string of the molecule is CC(=O)Nc1ccc(C)c(NC(=O)c2nc(-c3ccco3)sc2C)c1. The van der Waals surface area contributed by atoms with Gasteiger partial charge in [-0.05, 0) is 43.7 Å². The number of anilines is 2. The third-order valence-electron chi connectivity index (χ3n) is 3.55. The first-order chi connectivity index (χ1) is 11.9. The number of carbonyl (C=O) groups excluding carboxylic acids is 2. The molecule has 0 bridgehead atoms. The van der Waals surface area contributed by atoms with Crippen molar-refractivity contribution in [1.82, 2.24) is 4.98 Å². The smallest absolute Gasteiger partial charge is 0.275 e. The monoisotopic (exact) mass is 355 g/mol. The molecule has 2 amide bonds. The second-order valence-electron chi connectivity index (χ2n) is 5.57. The van der Waals surface area contributed by atoms with Gasteiger partial charge in [-0.1, -0.05) is 6.07 Å². The van der Waals surface area contributed by atoms with Crippen molar-refractivity contribution >= 4 is 34.5 Å². The lowest BCUT2D eigenvalue weighted by atomic mass is 10.1. The second-order valence-corrected chi connectivity index (χ2v) is 6.77. The average Bonchev–Trinajstić information content (AvgIpc) is 3.19. The van der Waals surface area contributed by atoms with Gasteiger partial charge in [-0.2, -0.15) is 0 Å². The number of aryl methyl sites for hydroxylation is 2. The van der Waals surface area contributed by atoms with E-state index in [4.69, 9.17) is 4.42 Å². The van der Waals surface area contributed by atoms with Crippen molar-refractivity contribution in [3.63, 3.8) is 0 Å². The summed E-state index contributed by atoms with van der Waals surface area (Å²) in [5.74, 6) is 0.171. The number of thiazole rings is 1. The van der Waals surface area contributed by atoms with Gasteiger partial charge >= 0.3 is 0 Å². The number of nitrogens with one attached hydrogen (secondary N) is 2. The number of amides is 2. The maximum Gasteiger partial charge on any atom is 0.275 e. The molecule has 128 valence electrons. The molecule has 0 atom stereocenters. The molecular formula is C18H17N3O3S. The molecule has 0 radical (unpaired) electrons. The number of hydrogen-bond acceptors (Lipinski definition) is 5. The fraction of sp³-hybridized carbons (Fsp3) is 0.167. The summed E-state index contributed by atoms with van der Waals surface area (Å²) in [5.41, 5.74) is 2.50. The van der Waals surface area contributed by atoms with E-state index in [2.05, 4.69) is 15.6 Å². The number of furan rings is 1. The third kappa shape index (κ3) is 3.77. The maximum absolute atomic E-state index is 12.6. The number of rotatable bonds is 4. The molecular weight excluding hydrogens is 338 g/mol. The highest BCUT2D eigenvalue weighted by Gasteiger charge is 2.18. The first-order valence-corrected chi connectivity index (χ1v) is 8.46. The van der Waals surface area contributed by atoms with E-state index in [0.29, 0.717) is 27.8 Å². The van der Waals surface area contributed by atoms with Crippen molar-refractivity contribution in [2.75, 3.05) is 10.6 Å². The Hall–Kier alpha value is -2.93. The Morgan fingerprint density at radius 1 is 1.16 bits per heavy atom. The minimum atomic E-state index is -0.297. The van der Waals surface area contributed by atoms with Crippen LogP contribution >= 0.6 is 11.3 Å². The van der Waals surface area contributed by atoms with Crippen LogP contribution in [0.1, 0.15) is 27.9 Å². The van der Waals surface area contributed by atoms with Crippen LogP contribution in [-0.2, 0) is 4.79 Å². The topological polar surface area (TPSA) is 84.2 Å². The van der Waals surface area contributed by atoms with Gasteiger partial charge in [0.15, 0.2) is 10.8 Å². The summed E-state index contributed by atoms with van der Waals surface area (Å²) >= 11 is 1.40. The van der Waals surface area contributed by atoms with Crippen LogP contribution in [0.2, 0.25) is 0 Å². The summed E-state index contributed by atoms with van der Waals surface area (Å²) in [7, 11) is 0. The first-order valence-electron chi connectivity index (χ1n) is 7.65. The van der Waals surface area contributed by atoms with E-state index in [-0.39, 0.29) is 11.8 Å². The van der Waals surface area contributed by atoms with Crippen LogP contribution in [0.3, 0.4) is 0 Å². The van der Waals surface area contributed by atoms with E-state index in [1.807, 2.05) is 19.9 Å². The van der Waals surface area contributed by atoms with Crippen LogP contribution < -0.4 is 10.6 Å². The quantitative estimate of drug-likeness (QED) is 0.733. The van der Waals surface area contributed by atoms with E-state index < -0.39 is 0 Å². The molecule has 0 spiro atoms. The van der Waals surface area contributed by atoms with Crippen LogP contribution in [0.4, 0.5) is 11.4 Å². The largest absolute Gasteiger partial charge is 0.462 e. The Kier molecular flexibility index (Phi) is 4.67. The van der Waals surface area contributed by atoms with Crippen molar-refractivity contribution in [1.29, 1.82) is 0 Å². The van der Waals surface area contributed by atoms with E-state index >= 15 is 0 Å². The van der Waals surface area contributed by atoms with Gasteiger partial charge in [-0.15, -0.1) is 11.3 Å². The van der Waals surface area contributed by atoms with Gasteiger partial charge in [0.2, 0.25) is 5.91 Å². The Morgan fingerprint density at radius 3 is 2.64 bits per heavy atom. The predicted octanol–water partition coefficient (Wildman–Crippen LogP) is 4.23. The van der Waals surface area contributed by atoms with Gasteiger partial charge in [-0.25, -0.2) is 4.98 Å². The number of hydrogen-bond donors (Lipinski definition) is 2. The predicted molar refractivity (Wildman–Crippen MR) is 98.0 cm³/mol. The van der Waals surface area contributed by atoms with Gasteiger partial charge in [0, 0.05) is 23.2 Å². The zero-order valence-corrected chi connectivity index (χ0v) is 14.9. The van der Waals surface area contributed by atoms with Crippen LogP contribution in [0, 0.1) is 13.8 Å². The van der Waals surface area contributed by atoms with E-state index in [1.165, 1.54) is 18.3 Å². The van der Waals surface area contributed by atoms with Gasteiger partial charge < -0.3 is 15.1 Å². The summed E-state index contributed by atoms with van der Waals surface area (Å²) in [6.45, 7) is 5.17. The number of aromatic nitrogens is 1. The molecule has 0 saturated heterocycles. The van der Waals surface area contributed by atoms with Gasteiger partial charge in [0.05, 0.1) is 6.26 Å². The lowest BCUT2D eigenvalue weighted by Crippen LogP contribution is -2.15. The number of nitrogens with zero attached hydrogens (tertiary/aromatic N) is 1. The first kappa shape index (κ1) is 16.9. The summed E-state index contributed by atoms with van der Waals surface area (Å²) in [5, 5.41) is 6.23. The summed E-state index contributed by atoms with van der Waals surface area (Å²) in [4.78, 5) is 29.0. The van der Waals surface area contributed by atoms with Crippen LogP contribution in [-0.4, -0.2) is 16.8 Å². The van der Waals surface area contributed by atoms with Gasteiger partial charge in [-0.3, -0.25) is 9.59 Å². The number of benzene rings is 1. The lowest BCUT2D eigenvalue weighted by molar-refractivity contribution is -0.114. The van der Waals surface area contributed by atoms with Crippen LogP contribution in [0.15, 0.2) is 41.0 Å². The molecule has 3 rings (SSSR count). The summed E-state index contributed by atoms with van der Waals surface area (Å²) in [6.07, 6.45) is 1.57. The molecule has 0 aliphatic heterocycles. The Morgan fingerprint density at radius 2 is 1.96 bits per heavy atom. The molecule has 2 heterocycles. The van der Waals surface area contributed by atoms with Crippen LogP contribution in [0.5, 0.6) is 0 Å². The molecule has 0 fully saturated rings. The van der Waals surface area contributed by atoms with E-state index in [9.17, 15) is 9.59 Å². The van der Waals surface area contributed by atoms with Gasteiger partial charge in [0.25, 0.3) is 5.91 Å². The molecule has 2 N–H and O–H groups in total. The molecule has 25 heavy (non-hydrogen) atoms. The van der Waals surface area contributed by atoms with Crippen molar-refractivity contribution in [2.45, 2.75) is 20.8 Å². The van der Waals surface area contributed by atoms with E-state index in [1.54, 1.807) is 30.5 Å². The van der Waals surface area contributed by atoms with Gasteiger partial charge in [0.1, 0.15) is 5.69 Å².